The minimum atomic E-state index is -1.73. The number of hydrogen-bond donors (Lipinski definition) is 3. The van der Waals surface area contributed by atoms with Crippen molar-refractivity contribution >= 4 is 157 Å². The van der Waals surface area contributed by atoms with Crippen LogP contribution in [0.2, 0.25) is 30.1 Å². The molecule has 3 atom stereocenters. The molecule has 0 saturated heterocycles. The fourth-order valence-corrected chi connectivity index (χ4v) is 10.6. The fraction of sp³-hybridized carbons (Fsp3) is 0.222. The second-order valence-corrected chi connectivity index (χ2v) is 29.2. The lowest BCUT2D eigenvalue weighted by molar-refractivity contribution is -0.141. The summed E-state index contributed by atoms with van der Waals surface area (Å²) < 4.78 is 42.6. The Balaban J connectivity index is 0.000000231. The van der Waals surface area contributed by atoms with Gasteiger partial charge in [-0.25, -0.2) is 23.2 Å². The highest BCUT2D eigenvalue weighted by Crippen LogP contribution is 2.38. The number of anilines is 3. The molecule has 0 aliphatic heterocycles. The Bertz CT molecular complexity index is 5140. The maximum absolute atomic E-state index is 13.3. The number of ether oxygens (including phenoxy) is 3. The van der Waals surface area contributed by atoms with E-state index in [4.69, 9.17) is 83.8 Å². The van der Waals surface area contributed by atoms with Crippen LogP contribution in [0.25, 0.3) is 0 Å². The predicted octanol–water partition coefficient (Wildman–Crippen LogP) is 21.8. The number of esters is 3. The van der Waals surface area contributed by atoms with E-state index in [9.17, 15) is 51.9 Å². The molecule has 0 aliphatic carbocycles. The molecule has 3 unspecified atom stereocenters. The van der Waals surface area contributed by atoms with Gasteiger partial charge in [0.25, 0.3) is 17.7 Å². The number of azo groups is 3. The number of amides is 3. The second kappa shape index (κ2) is 38.5. The minimum Gasteiger partial charge on any atom is -0.424 e. The topological polar surface area (TPSA) is 292 Å². The van der Waals surface area contributed by atoms with Crippen molar-refractivity contribution in [2.75, 3.05) is 16.0 Å². The molecular formula is C81H73Cl6F2N9O12. The second-order valence-electron chi connectivity index (χ2n) is 26.7. The maximum atomic E-state index is 13.3. The minimum absolute atomic E-state index is 0.00187. The Morgan fingerprint density at radius 2 is 0.782 bits per heavy atom. The van der Waals surface area contributed by atoms with Crippen LogP contribution in [0.5, 0.6) is 17.2 Å². The molecule has 9 aromatic rings. The van der Waals surface area contributed by atoms with E-state index in [0.29, 0.717) is 55.3 Å². The molecule has 0 aromatic heterocycles. The lowest BCUT2D eigenvalue weighted by Crippen LogP contribution is -2.31. The van der Waals surface area contributed by atoms with Gasteiger partial charge in [0, 0.05) is 72.6 Å². The third-order valence-corrected chi connectivity index (χ3v) is 17.8. The number of nitrogens with one attached hydrogen (secondary N) is 3. The van der Waals surface area contributed by atoms with Crippen LogP contribution in [0.3, 0.4) is 0 Å². The molecule has 29 heteroatoms. The zero-order chi connectivity index (χ0) is 81.2. The van der Waals surface area contributed by atoms with Gasteiger partial charge >= 0.3 is 17.9 Å². The molecule has 0 saturated carbocycles. The third kappa shape index (κ3) is 24.6. The molecule has 110 heavy (non-hydrogen) atoms. The molecule has 9 rings (SSSR count). The smallest absolute Gasteiger partial charge is 0.346 e. The largest absolute Gasteiger partial charge is 0.424 e. The van der Waals surface area contributed by atoms with Gasteiger partial charge in [-0.1, -0.05) is 160 Å². The van der Waals surface area contributed by atoms with Crippen molar-refractivity contribution in [1.82, 2.24) is 0 Å². The lowest BCUT2D eigenvalue weighted by atomic mass is 9.80. The van der Waals surface area contributed by atoms with E-state index in [-0.39, 0.29) is 59.7 Å². The van der Waals surface area contributed by atoms with Gasteiger partial charge in [0.2, 0.25) is 18.1 Å². The SMILES string of the molecule is CC(=O)C(N=Nc1cc(C(=O)Nc2cc(Cl)ccc2C)ccc1Cl)C(=O)Oc1ccc(C(C)(C)C)cc1C(C)(C)C.CC(=O)C(N=Nc1cc(C(=O)Nc2cc(Cl)ccc2C)ccc1Cl)C(=O)Oc1ccccc1C.CC(=O)C(N=Nc1cc(C(=O)Nc2cccc(Cl)c2C)ccc1Cl)C(=O)Oc1cc(F)cc(F)c1. The number of para-hydroxylation sites is 1. The van der Waals surface area contributed by atoms with Crippen LogP contribution >= 0.6 is 69.6 Å². The summed E-state index contributed by atoms with van der Waals surface area (Å²) in [6, 6.07) is 38.4. The number of benzene rings is 9. The number of halogens is 8. The molecule has 0 aliphatic rings. The van der Waals surface area contributed by atoms with Crippen LogP contribution in [0.15, 0.2) is 201 Å². The quantitative estimate of drug-likeness (QED) is 0.0262. The summed E-state index contributed by atoms with van der Waals surface area (Å²) >= 11 is 36.8. The first-order valence-electron chi connectivity index (χ1n) is 33.3. The van der Waals surface area contributed by atoms with Crippen molar-refractivity contribution in [1.29, 1.82) is 0 Å². The molecular weight excluding hydrogens is 1540 g/mol. The molecule has 3 amide bonds. The molecule has 3 N–H and O–H groups in total. The normalized spacial score (nSPS) is 12.2. The number of carbonyl (C=O) groups excluding carboxylic acids is 9. The number of rotatable bonds is 21. The van der Waals surface area contributed by atoms with Gasteiger partial charge in [0.1, 0.15) is 45.9 Å². The van der Waals surface area contributed by atoms with E-state index in [1.165, 1.54) is 68.4 Å². The number of hydrogen-bond acceptors (Lipinski definition) is 18. The number of Topliss-reactive ketones (excluding diaryl/α,β-unsaturated/α-hetero) is 3. The Hall–Kier alpha value is -10.8. The van der Waals surface area contributed by atoms with Gasteiger partial charge in [-0.15, -0.1) is 0 Å². The first-order valence-corrected chi connectivity index (χ1v) is 35.6. The molecule has 21 nitrogen and oxygen atoms in total. The molecule has 0 bridgehead atoms. The van der Waals surface area contributed by atoms with Gasteiger partial charge in [-0.2, -0.15) is 30.7 Å². The van der Waals surface area contributed by atoms with E-state index in [1.807, 2.05) is 46.8 Å². The number of nitrogens with zero attached hydrogens (tertiary/aromatic N) is 6. The number of aryl methyl sites for hydroxylation is 3. The first kappa shape index (κ1) is 86.4. The summed E-state index contributed by atoms with van der Waals surface area (Å²) in [5.74, 6) is -7.80. The molecule has 0 spiro atoms. The Labute approximate surface area is 663 Å². The van der Waals surface area contributed by atoms with Crippen LogP contribution < -0.4 is 30.2 Å². The van der Waals surface area contributed by atoms with Crippen LogP contribution in [-0.4, -0.2) is 71.1 Å². The molecule has 0 radical (unpaired) electrons. The van der Waals surface area contributed by atoms with Crippen LogP contribution in [0, 0.1) is 39.3 Å². The molecule has 9 aromatic carbocycles. The zero-order valence-electron chi connectivity index (χ0n) is 61.5. The van der Waals surface area contributed by atoms with Crippen molar-refractivity contribution in [3.8, 4) is 17.2 Å². The maximum Gasteiger partial charge on any atom is 0.346 e. The number of carbonyl (C=O) groups is 9. The van der Waals surface area contributed by atoms with E-state index in [1.54, 1.807) is 98.8 Å². The van der Waals surface area contributed by atoms with E-state index >= 15 is 0 Å². The zero-order valence-corrected chi connectivity index (χ0v) is 66.0. The van der Waals surface area contributed by atoms with Crippen molar-refractivity contribution < 1.29 is 66.1 Å². The van der Waals surface area contributed by atoms with Gasteiger partial charge < -0.3 is 30.2 Å². The molecule has 0 heterocycles. The van der Waals surface area contributed by atoms with Crippen molar-refractivity contribution in [2.24, 2.45) is 30.7 Å². The van der Waals surface area contributed by atoms with Gasteiger partial charge in [0.15, 0.2) is 17.3 Å². The van der Waals surface area contributed by atoms with Crippen molar-refractivity contribution in [3.05, 3.63) is 262 Å². The average Bonchev–Trinajstić information content (AvgIpc) is 0.794. The number of ketones is 3. The van der Waals surface area contributed by atoms with E-state index < -0.39 is 88.5 Å². The highest BCUT2D eigenvalue weighted by Gasteiger charge is 2.31. The summed E-state index contributed by atoms with van der Waals surface area (Å²) in [6.45, 7) is 23.1. The monoisotopic (exact) mass is 1610 g/mol. The van der Waals surface area contributed by atoms with Crippen LogP contribution in [0.4, 0.5) is 42.9 Å². The summed E-state index contributed by atoms with van der Waals surface area (Å²) in [6.07, 6.45) is 0. The van der Waals surface area contributed by atoms with Gasteiger partial charge in [-0.3, -0.25) is 28.8 Å². The van der Waals surface area contributed by atoms with Gasteiger partial charge in [-0.05, 0) is 190 Å². The Morgan fingerprint density at radius 1 is 0.382 bits per heavy atom. The van der Waals surface area contributed by atoms with Crippen LogP contribution in [-0.2, 0) is 39.6 Å². The molecule has 0 fully saturated rings. The summed E-state index contributed by atoms with van der Waals surface area (Å²) in [5.41, 5.74) is 7.09. The highest BCUT2D eigenvalue weighted by atomic mass is 35.5. The summed E-state index contributed by atoms with van der Waals surface area (Å²) in [7, 11) is 0. The fourth-order valence-electron chi connectivity index (χ4n) is 9.65. The van der Waals surface area contributed by atoms with Crippen molar-refractivity contribution in [3.63, 3.8) is 0 Å². The average molecular weight is 1620 g/mol. The van der Waals surface area contributed by atoms with E-state index in [0.717, 1.165) is 46.9 Å². The first-order chi connectivity index (χ1) is 51.7. The standard InChI is InChI=1S/C32H35Cl2N3O4.C25H21Cl2N3O4.C24H17Cl2F2N3O4/c1-18-9-12-22(33)17-25(18)35-29(39)20-10-13-24(34)26(15-20)36-37-28(19(2)38)30(40)41-27-14-11-21(31(3,4)5)16-23(27)32(6,7)8;1-14-8-10-18(26)13-20(14)28-24(32)17-9-11-19(27)21(12-17)29-30-23(16(3)31)25(33)34-22-7-5-4-6-15(22)2;1-12-18(25)4-3-5-20(12)29-23(33)14-6-7-19(26)21(8-14)30-31-22(13(2)32)24(34)35-17-10-15(27)9-16(28)11-17/h9-17,28H,1-8H3,(H,35,39);4-13,23H,1-3H3,(H,28,32);3-11,22H,1-2H3,(H,29,33). The molecule has 570 valence electrons. The Kier molecular flexibility index (Phi) is 30.3. The third-order valence-electron chi connectivity index (χ3n) is 15.9. The Morgan fingerprint density at radius 3 is 1.18 bits per heavy atom. The predicted molar refractivity (Wildman–Crippen MR) is 422 cm³/mol. The highest BCUT2D eigenvalue weighted by molar-refractivity contribution is 6.34. The van der Waals surface area contributed by atoms with Crippen LogP contribution in [0.1, 0.15) is 127 Å². The summed E-state index contributed by atoms with van der Waals surface area (Å²) in [5, 5.41) is 33.6. The lowest BCUT2D eigenvalue weighted by Gasteiger charge is -2.27. The van der Waals surface area contributed by atoms with E-state index in [2.05, 4.69) is 67.4 Å². The van der Waals surface area contributed by atoms with Gasteiger partial charge in [0.05, 0.1) is 15.1 Å². The summed E-state index contributed by atoms with van der Waals surface area (Å²) in [4.78, 5) is 113. The van der Waals surface area contributed by atoms with Crippen molar-refractivity contribution in [2.45, 2.75) is 119 Å².